The van der Waals surface area contributed by atoms with Crippen molar-refractivity contribution in [2.75, 3.05) is 0 Å². The number of aryl methyl sites for hydroxylation is 2. The molecule has 0 amide bonds. The van der Waals surface area contributed by atoms with Crippen LogP contribution in [0.4, 0.5) is 4.39 Å². The van der Waals surface area contributed by atoms with Crippen molar-refractivity contribution in [3.05, 3.63) is 71.8 Å². The number of fused-ring (bicyclic) bond motifs is 3. The molecule has 5 rings (SSSR count). The van der Waals surface area contributed by atoms with Gasteiger partial charge in [0.1, 0.15) is 22.9 Å². The highest BCUT2D eigenvalue weighted by atomic mass is 19.1. The maximum absolute atomic E-state index is 14.8. The second-order valence-electron chi connectivity index (χ2n) is 7.83. The summed E-state index contributed by atoms with van der Waals surface area (Å²) in [5, 5.41) is 4.98. The summed E-state index contributed by atoms with van der Waals surface area (Å²) in [7, 11) is 0. The first kappa shape index (κ1) is 18.5. The first-order valence-electron chi connectivity index (χ1n) is 9.95. The molecule has 0 saturated carbocycles. The Labute approximate surface area is 173 Å². The number of benzene rings is 2. The number of para-hydroxylation sites is 1. The molecule has 3 heterocycles. The number of nitrogens with zero attached hydrogens (tertiary/aromatic N) is 4. The van der Waals surface area contributed by atoms with Crippen LogP contribution in [0.5, 0.6) is 0 Å². The number of halogens is 1. The second kappa shape index (κ2) is 6.76. The van der Waals surface area contributed by atoms with Gasteiger partial charge in [-0.15, -0.1) is 0 Å². The average molecular weight is 400 g/mol. The van der Waals surface area contributed by atoms with E-state index in [0.29, 0.717) is 5.69 Å². The third-order valence-corrected chi connectivity index (χ3v) is 5.44. The third kappa shape index (κ3) is 2.71. The molecule has 0 aliphatic carbocycles. The Balaban J connectivity index is 1.84. The van der Waals surface area contributed by atoms with Crippen LogP contribution in [-0.4, -0.2) is 19.7 Å². The predicted molar refractivity (Wildman–Crippen MR) is 115 cm³/mol. The van der Waals surface area contributed by atoms with Crippen LogP contribution in [-0.2, 0) is 0 Å². The molecule has 6 heteroatoms. The van der Waals surface area contributed by atoms with Crippen LogP contribution >= 0.6 is 0 Å². The van der Waals surface area contributed by atoms with Gasteiger partial charge in [0.15, 0.2) is 0 Å². The lowest BCUT2D eigenvalue weighted by atomic mass is 10.0. The largest absolute Gasteiger partial charge is 0.361 e. The van der Waals surface area contributed by atoms with Crippen LogP contribution in [0.15, 0.2) is 53.2 Å². The molecule has 0 aliphatic rings. The number of imidazole rings is 1. The van der Waals surface area contributed by atoms with Crippen molar-refractivity contribution in [1.82, 2.24) is 19.7 Å². The molecule has 0 fully saturated rings. The number of hydrogen-bond donors (Lipinski definition) is 0. The minimum Gasteiger partial charge on any atom is -0.361 e. The third-order valence-electron chi connectivity index (χ3n) is 5.44. The molecule has 0 bridgehead atoms. The van der Waals surface area contributed by atoms with E-state index in [2.05, 4.69) is 24.0 Å². The SMILES string of the molecule is Cc1noc(C)c1-c1ccc2c(c1)ncc1nc(C(C)C)n(-c3ccccc3F)c12. The number of rotatable bonds is 3. The summed E-state index contributed by atoms with van der Waals surface area (Å²) >= 11 is 0. The summed E-state index contributed by atoms with van der Waals surface area (Å²) < 4.78 is 22.0. The molecular weight excluding hydrogens is 379 g/mol. The Morgan fingerprint density at radius 1 is 1.03 bits per heavy atom. The van der Waals surface area contributed by atoms with Gasteiger partial charge in [0.25, 0.3) is 0 Å². The summed E-state index contributed by atoms with van der Waals surface area (Å²) in [6.45, 7) is 7.95. The van der Waals surface area contributed by atoms with E-state index in [-0.39, 0.29) is 11.7 Å². The molecule has 5 nitrogen and oxygen atoms in total. The van der Waals surface area contributed by atoms with Crippen LogP contribution in [0.1, 0.15) is 37.0 Å². The Hall–Kier alpha value is -3.54. The molecular formula is C24H21FN4O. The first-order valence-corrected chi connectivity index (χ1v) is 9.95. The normalized spacial score (nSPS) is 11.8. The molecule has 150 valence electrons. The monoisotopic (exact) mass is 400 g/mol. The highest BCUT2D eigenvalue weighted by Gasteiger charge is 2.20. The molecule has 0 atom stereocenters. The lowest BCUT2D eigenvalue weighted by Crippen LogP contribution is -2.05. The lowest BCUT2D eigenvalue weighted by Gasteiger charge is -2.13. The molecule has 0 spiro atoms. The van der Waals surface area contributed by atoms with Gasteiger partial charge in [-0.1, -0.05) is 37.2 Å². The van der Waals surface area contributed by atoms with Gasteiger partial charge >= 0.3 is 0 Å². The highest BCUT2D eigenvalue weighted by molar-refractivity contribution is 6.04. The fourth-order valence-electron chi connectivity index (χ4n) is 4.09. The Morgan fingerprint density at radius 2 is 1.83 bits per heavy atom. The van der Waals surface area contributed by atoms with Crippen LogP contribution in [0.3, 0.4) is 0 Å². The average Bonchev–Trinajstić information content (AvgIpc) is 3.28. The number of hydrogen-bond acceptors (Lipinski definition) is 4. The van der Waals surface area contributed by atoms with E-state index < -0.39 is 0 Å². The van der Waals surface area contributed by atoms with E-state index >= 15 is 0 Å². The minimum atomic E-state index is -0.281. The summed E-state index contributed by atoms with van der Waals surface area (Å²) in [4.78, 5) is 9.44. The molecule has 5 aromatic rings. The van der Waals surface area contributed by atoms with E-state index in [1.807, 2.05) is 42.7 Å². The smallest absolute Gasteiger partial charge is 0.147 e. The zero-order valence-electron chi connectivity index (χ0n) is 17.3. The highest BCUT2D eigenvalue weighted by Crippen LogP contribution is 2.34. The minimum absolute atomic E-state index is 0.119. The zero-order chi connectivity index (χ0) is 21.0. The molecule has 0 aliphatic heterocycles. The van der Waals surface area contributed by atoms with E-state index in [1.54, 1.807) is 18.3 Å². The van der Waals surface area contributed by atoms with Gasteiger partial charge in [-0.05, 0) is 43.7 Å². The molecule has 2 aromatic carbocycles. The Kier molecular flexibility index (Phi) is 4.17. The van der Waals surface area contributed by atoms with E-state index in [4.69, 9.17) is 9.51 Å². The van der Waals surface area contributed by atoms with Crippen molar-refractivity contribution in [2.24, 2.45) is 0 Å². The zero-order valence-corrected chi connectivity index (χ0v) is 17.3. The lowest BCUT2D eigenvalue weighted by molar-refractivity contribution is 0.393. The van der Waals surface area contributed by atoms with Crippen molar-refractivity contribution in [3.8, 4) is 16.8 Å². The Bertz CT molecular complexity index is 1390. The molecule has 0 saturated heterocycles. The van der Waals surface area contributed by atoms with Gasteiger partial charge in [-0.25, -0.2) is 9.37 Å². The summed E-state index contributed by atoms with van der Waals surface area (Å²) in [6.07, 6.45) is 1.76. The van der Waals surface area contributed by atoms with E-state index in [0.717, 1.165) is 50.3 Å². The molecule has 30 heavy (non-hydrogen) atoms. The van der Waals surface area contributed by atoms with Gasteiger partial charge < -0.3 is 4.52 Å². The molecule has 0 unspecified atom stereocenters. The van der Waals surface area contributed by atoms with Crippen LogP contribution in [0, 0.1) is 19.7 Å². The van der Waals surface area contributed by atoms with Crippen molar-refractivity contribution >= 4 is 21.9 Å². The molecule has 3 aromatic heterocycles. The summed E-state index contributed by atoms with van der Waals surface area (Å²) in [5.41, 5.74) is 5.72. The standard InChI is InChI=1S/C24H21FN4O/c1-13(2)24-27-20-12-26-19-11-16(22-14(3)28-30-15(22)4)9-10-17(19)23(20)29(24)21-8-6-5-7-18(21)25/h5-13H,1-4H3. The fraction of sp³-hybridized carbons (Fsp3) is 0.208. The number of pyridine rings is 1. The van der Waals surface area contributed by atoms with Gasteiger partial charge in [0, 0.05) is 16.9 Å². The predicted octanol–water partition coefficient (Wildman–Crippen LogP) is 6.11. The topological polar surface area (TPSA) is 56.7 Å². The van der Waals surface area contributed by atoms with Gasteiger partial charge in [-0.2, -0.15) is 0 Å². The van der Waals surface area contributed by atoms with E-state index in [1.165, 1.54) is 6.07 Å². The molecule has 0 radical (unpaired) electrons. The quantitative estimate of drug-likeness (QED) is 0.367. The van der Waals surface area contributed by atoms with Crippen molar-refractivity contribution in [3.63, 3.8) is 0 Å². The number of aromatic nitrogens is 4. The van der Waals surface area contributed by atoms with Gasteiger partial charge in [0.05, 0.1) is 28.6 Å². The Morgan fingerprint density at radius 3 is 2.53 bits per heavy atom. The maximum Gasteiger partial charge on any atom is 0.147 e. The summed E-state index contributed by atoms with van der Waals surface area (Å²) in [6, 6.07) is 12.9. The first-order chi connectivity index (χ1) is 14.5. The summed E-state index contributed by atoms with van der Waals surface area (Å²) in [5.74, 6) is 1.41. The van der Waals surface area contributed by atoms with Crippen molar-refractivity contribution in [2.45, 2.75) is 33.6 Å². The van der Waals surface area contributed by atoms with Gasteiger partial charge in [-0.3, -0.25) is 9.55 Å². The van der Waals surface area contributed by atoms with Gasteiger partial charge in [0.2, 0.25) is 0 Å². The second-order valence-corrected chi connectivity index (χ2v) is 7.83. The van der Waals surface area contributed by atoms with Crippen molar-refractivity contribution in [1.29, 1.82) is 0 Å². The van der Waals surface area contributed by atoms with Crippen LogP contribution in [0.25, 0.3) is 38.8 Å². The van der Waals surface area contributed by atoms with E-state index in [9.17, 15) is 4.39 Å². The van der Waals surface area contributed by atoms with Crippen LogP contribution < -0.4 is 0 Å². The van der Waals surface area contributed by atoms with Crippen molar-refractivity contribution < 1.29 is 8.91 Å². The molecule has 0 N–H and O–H groups in total. The fourth-order valence-corrected chi connectivity index (χ4v) is 4.09. The van der Waals surface area contributed by atoms with Crippen LogP contribution in [0.2, 0.25) is 0 Å². The maximum atomic E-state index is 14.8.